The molecule has 0 amide bonds. The van der Waals surface area contributed by atoms with Crippen molar-refractivity contribution in [2.45, 2.75) is 37.6 Å². The molecule has 1 aromatic carbocycles. The van der Waals surface area contributed by atoms with Gasteiger partial charge in [0, 0.05) is 17.2 Å². The van der Waals surface area contributed by atoms with Crippen LogP contribution in [0.5, 0.6) is 11.5 Å². The van der Waals surface area contributed by atoms with E-state index in [9.17, 15) is 0 Å². The molecule has 1 aromatic rings. The molecule has 0 atom stereocenters. The Morgan fingerprint density at radius 2 is 1.84 bits per heavy atom. The van der Waals surface area contributed by atoms with E-state index in [-0.39, 0.29) is 0 Å². The van der Waals surface area contributed by atoms with E-state index in [1.807, 2.05) is 6.07 Å². The van der Waals surface area contributed by atoms with Crippen LogP contribution in [0.25, 0.3) is 0 Å². The standard InChI is InChI=1S/C15H20N2O2/c1-18-13-9-11(10-16)8-12(14(13)19-2)15(17)6-4-3-5-7-15/h8-9H,3-7,17H2,1-2H3. The minimum atomic E-state index is -0.413. The summed E-state index contributed by atoms with van der Waals surface area (Å²) in [5.41, 5.74) is 7.60. The molecule has 1 aliphatic carbocycles. The molecule has 2 rings (SSSR count). The number of hydrogen-bond acceptors (Lipinski definition) is 4. The van der Waals surface area contributed by atoms with E-state index in [1.165, 1.54) is 6.42 Å². The third kappa shape index (κ3) is 2.52. The van der Waals surface area contributed by atoms with Crippen LogP contribution in [0.1, 0.15) is 43.2 Å². The van der Waals surface area contributed by atoms with Crippen molar-refractivity contribution in [3.05, 3.63) is 23.3 Å². The third-order valence-corrected chi connectivity index (χ3v) is 3.89. The van der Waals surface area contributed by atoms with Gasteiger partial charge in [-0.05, 0) is 18.9 Å². The molecular formula is C15H20N2O2. The van der Waals surface area contributed by atoms with E-state index in [0.29, 0.717) is 17.1 Å². The van der Waals surface area contributed by atoms with Gasteiger partial charge in [-0.25, -0.2) is 0 Å². The number of rotatable bonds is 3. The van der Waals surface area contributed by atoms with Crippen molar-refractivity contribution in [3.63, 3.8) is 0 Å². The van der Waals surface area contributed by atoms with Crippen molar-refractivity contribution in [2.24, 2.45) is 5.73 Å². The van der Waals surface area contributed by atoms with Gasteiger partial charge in [-0.2, -0.15) is 5.26 Å². The minimum Gasteiger partial charge on any atom is -0.493 e. The summed E-state index contributed by atoms with van der Waals surface area (Å²) >= 11 is 0. The Labute approximate surface area is 114 Å². The highest BCUT2D eigenvalue weighted by molar-refractivity contribution is 5.55. The van der Waals surface area contributed by atoms with E-state index in [1.54, 1.807) is 20.3 Å². The smallest absolute Gasteiger partial charge is 0.165 e. The molecule has 0 saturated heterocycles. The van der Waals surface area contributed by atoms with Crippen molar-refractivity contribution in [2.75, 3.05) is 14.2 Å². The first-order valence-electron chi connectivity index (χ1n) is 6.60. The Hall–Kier alpha value is -1.73. The number of nitrogens with two attached hydrogens (primary N) is 1. The van der Waals surface area contributed by atoms with Gasteiger partial charge in [0.1, 0.15) is 0 Å². The zero-order chi connectivity index (χ0) is 13.9. The molecule has 0 aromatic heterocycles. The number of hydrogen-bond donors (Lipinski definition) is 1. The fraction of sp³-hybridized carbons (Fsp3) is 0.533. The van der Waals surface area contributed by atoms with Crippen molar-refractivity contribution < 1.29 is 9.47 Å². The molecule has 0 radical (unpaired) electrons. The second-order valence-electron chi connectivity index (χ2n) is 5.09. The molecule has 0 unspecified atom stereocenters. The van der Waals surface area contributed by atoms with Crippen LogP contribution in [-0.4, -0.2) is 14.2 Å². The summed E-state index contributed by atoms with van der Waals surface area (Å²) in [6.07, 6.45) is 5.27. The zero-order valence-corrected chi connectivity index (χ0v) is 11.5. The lowest BCUT2D eigenvalue weighted by Gasteiger charge is -2.35. The fourth-order valence-electron chi connectivity index (χ4n) is 2.85. The predicted molar refractivity (Wildman–Crippen MR) is 73.2 cm³/mol. The molecular weight excluding hydrogens is 240 g/mol. The van der Waals surface area contributed by atoms with Crippen LogP contribution in [0.3, 0.4) is 0 Å². The van der Waals surface area contributed by atoms with Gasteiger partial charge in [-0.3, -0.25) is 0 Å². The lowest BCUT2D eigenvalue weighted by atomic mass is 9.76. The zero-order valence-electron chi connectivity index (χ0n) is 11.5. The maximum atomic E-state index is 9.14. The Morgan fingerprint density at radius 3 is 2.37 bits per heavy atom. The van der Waals surface area contributed by atoms with E-state index >= 15 is 0 Å². The number of benzene rings is 1. The summed E-state index contributed by atoms with van der Waals surface area (Å²) in [5.74, 6) is 1.23. The molecule has 19 heavy (non-hydrogen) atoms. The molecule has 0 bridgehead atoms. The highest BCUT2D eigenvalue weighted by atomic mass is 16.5. The van der Waals surface area contributed by atoms with Crippen LogP contribution in [-0.2, 0) is 5.54 Å². The van der Waals surface area contributed by atoms with Gasteiger partial charge in [-0.1, -0.05) is 19.3 Å². The Kier molecular flexibility index (Phi) is 3.96. The lowest BCUT2D eigenvalue weighted by Crippen LogP contribution is -2.39. The molecule has 0 aliphatic heterocycles. The van der Waals surface area contributed by atoms with Crippen LogP contribution in [0.4, 0.5) is 0 Å². The third-order valence-electron chi connectivity index (χ3n) is 3.89. The molecule has 4 heteroatoms. The predicted octanol–water partition coefficient (Wildman–Crippen LogP) is 2.69. The summed E-state index contributed by atoms with van der Waals surface area (Å²) in [6, 6.07) is 5.69. The molecule has 1 fully saturated rings. The Bertz CT molecular complexity index is 500. The number of nitriles is 1. The first-order valence-corrected chi connectivity index (χ1v) is 6.60. The largest absolute Gasteiger partial charge is 0.493 e. The number of ether oxygens (including phenoxy) is 2. The Morgan fingerprint density at radius 1 is 1.16 bits per heavy atom. The molecule has 0 heterocycles. The van der Waals surface area contributed by atoms with Crippen molar-refractivity contribution in [3.8, 4) is 17.6 Å². The number of methoxy groups -OCH3 is 2. The fourth-order valence-corrected chi connectivity index (χ4v) is 2.85. The van der Waals surface area contributed by atoms with Crippen molar-refractivity contribution in [1.29, 1.82) is 5.26 Å². The van der Waals surface area contributed by atoms with Crippen molar-refractivity contribution >= 4 is 0 Å². The van der Waals surface area contributed by atoms with Crippen LogP contribution in [0.2, 0.25) is 0 Å². The average molecular weight is 260 g/mol. The van der Waals surface area contributed by atoms with E-state index < -0.39 is 5.54 Å². The van der Waals surface area contributed by atoms with Gasteiger partial charge in [0.15, 0.2) is 11.5 Å². The van der Waals surface area contributed by atoms with Gasteiger partial charge < -0.3 is 15.2 Å². The van der Waals surface area contributed by atoms with Crippen molar-refractivity contribution in [1.82, 2.24) is 0 Å². The normalized spacial score (nSPS) is 17.6. The lowest BCUT2D eigenvalue weighted by molar-refractivity contribution is 0.282. The summed E-state index contributed by atoms with van der Waals surface area (Å²) in [4.78, 5) is 0. The van der Waals surface area contributed by atoms with Crippen LogP contribution in [0.15, 0.2) is 12.1 Å². The molecule has 1 saturated carbocycles. The summed E-state index contributed by atoms with van der Waals surface area (Å²) < 4.78 is 10.8. The quantitative estimate of drug-likeness (QED) is 0.907. The molecule has 0 spiro atoms. The molecule has 1 aliphatic rings. The molecule has 102 valence electrons. The van der Waals surface area contributed by atoms with Gasteiger partial charge in [-0.15, -0.1) is 0 Å². The van der Waals surface area contributed by atoms with E-state index in [2.05, 4.69) is 6.07 Å². The van der Waals surface area contributed by atoms with E-state index in [0.717, 1.165) is 31.2 Å². The maximum Gasteiger partial charge on any atom is 0.165 e. The Balaban J connectivity index is 2.56. The highest BCUT2D eigenvalue weighted by Gasteiger charge is 2.33. The number of nitrogens with zero attached hydrogens (tertiary/aromatic N) is 1. The SMILES string of the molecule is COc1cc(C#N)cc(C2(N)CCCCC2)c1OC. The second kappa shape index (κ2) is 5.50. The summed E-state index contributed by atoms with van der Waals surface area (Å²) in [5, 5.41) is 9.14. The van der Waals surface area contributed by atoms with Crippen LogP contribution >= 0.6 is 0 Å². The molecule has 4 nitrogen and oxygen atoms in total. The van der Waals surface area contributed by atoms with Gasteiger partial charge in [0.2, 0.25) is 0 Å². The molecule has 2 N–H and O–H groups in total. The topological polar surface area (TPSA) is 68.3 Å². The minimum absolute atomic E-state index is 0.413. The van der Waals surface area contributed by atoms with Crippen LogP contribution < -0.4 is 15.2 Å². The van der Waals surface area contributed by atoms with Gasteiger partial charge in [0.05, 0.1) is 25.9 Å². The second-order valence-corrected chi connectivity index (χ2v) is 5.09. The maximum absolute atomic E-state index is 9.14. The van der Waals surface area contributed by atoms with Crippen LogP contribution in [0, 0.1) is 11.3 Å². The first-order chi connectivity index (χ1) is 9.14. The summed E-state index contributed by atoms with van der Waals surface area (Å²) in [6.45, 7) is 0. The van der Waals surface area contributed by atoms with E-state index in [4.69, 9.17) is 20.5 Å². The van der Waals surface area contributed by atoms with Gasteiger partial charge >= 0.3 is 0 Å². The monoisotopic (exact) mass is 260 g/mol. The summed E-state index contributed by atoms with van der Waals surface area (Å²) in [7, 11) is 3.19. The van der Waals surface area contributed by atoms with Gasteiger partial charge in [0.25, 0.3) is 0 Å². The average Bonchev–Trinajstić information content (AvgIpc) is 2.46. The first kappa shape index (κ1) is 13.7. The highest BCUT2D eigenvalue weighted by Crippen LogP contribution is 2.43.